The highest BCUT2D eigenvalue weighted by Crippen LogP contribution is 2.42. The van der Waals surface area contributed by atoms with E-state index in [1.165, 1.54) is 57.8 Å². The predicted octanol–water partition coefficient (Wildman–Crippen LogP) is 4.63. The molecule has 0 aliphatic rings. The van der Waals surface area contributed by atoms with Crippen molar-refractivity contribution in [3.63, 3.8) is 0 Å². The average Bonchev–Trinajstić information content (AvgIpc) is 2.77. The van der Waals surface area contributed by atoms with Crippen LogP contribution in [0.4, 0.5) is 0 Å². The van der Waals surface area contributed by atoms with Gasteiger partial charge in [-0.3, -0.25) is 13.8 Å². The second-order valence-corrected chi connectivity index (χ2v) is 9.57. The molecule has 1 unspecified atom stereocenters. The van der Waals surface area contributed by atoms with Gasteiger partial charge in [-0.2, -0.15) is 0 Å². The molecule has 0 rings (SSSR count). The molecule has 0 aromatic heterocycles. The van der Waals surface area contributed by atoms with Gasteiger partial charge in [0.15, 0.2) is 0 Å². The van der Waals surface area contributed by atoms with Crippen LogP contribution in [0.2, 0.25) is 0 Å². The number of nitrogens with one attached hydrogen (secondary N) is 1. The Morgan fingerprint density at radius 1 is 0.938 bits per heavy atom. The minimum Gasteiger partial charge on any atom is -0.394 e. The van der Waals surface area contributed by atoms with Gasteiger partial charge >= 0.3 is 7.82 Å². The first-order valence-electron chi connectivity index (χ1n) is 12.2. The number of phosphoric ester groups is 1. The summed E-state index contributed by atoms with van der Waals surface area (Å²) in [5, 5.41) is 20.3. The lowest BCUT2D eigenvalue weighted by molar-refractivity contribution is -0.121. The van der Waals surface area contributed by atoms with Gasteiger partial charge < -0.3 is 20.4 Å². The third kappa shape index (κ3) is 22.4. The zero-order valence-electron chi connectivity index (χ0n) is 19.9. The predicted molar refractivity (Wildman–Crippen MR) is 127 cm³/mol. The molecule has 0 saturated carbocycles. The van der Waals surface area contributed by atoms with Gasteiger partial charge in [-0.05, 0) is 32.1 Å². The van der Waals surface area contributed by atoms with E-state index in [9.17, 15) is 14.3 Å². The van der Waals surface area contributed by atoms with Crippen LogP contribution in [0.5, 0.6) is 0 Å². The van der Waals surface area contributed by atoms with E-state index in [0.717, 1.165) is 25.7 Å². The van der Waals surface area contributed by atoms with Crippen LogP contribution in [-0.4, -0.2) is 53.5 Å². The zero-order chi connectivity index (χ0) is 23.9. The maximum Gasteiger partial charge on any atom is 0.472 e. The second kappa shape index (κ2) is 22.1. The lowest BCUT2D eigenvalue weighted by Crippen LogP contribution is -2.27. The van der Waals surface area contributed by atoms with E-state index in [2.05, 4.69) is 33.4 Å². The number of carbonyl (C=O) groups excluding carboxylic acids is 1. The van der Waals surface area contributed by atoms with Crippen molar-refractivity contribution in [2.75, 3.05) is 26.4 Å². The second-order valence-electron chi connectivity index (χ2n) is 8.12. The van der Waals surface area contributed by atoms with E-state index in [1.807, 2.05) is 0 Å². The molecule has 0 bridgehead atoms. The molecule has 190 valence electrons. The van der Waals surface area contributed by atoms with E-state index in [-0.39, 0.29) is 19.1 Å². The van der Waals surface area contributed by atoms with Crippen molar-refractivity contribution in [3.05, 3.63) is 12.2 Å². The molecule has 2 atom stereocenters. The lowest BCUT2D eigenvalue weighted by atomic mass is 10.1. The number of aliphatic hydroxyl groups excluding tert-OH is 2. The number of aliphatic hydroxyl groups is 2. The van der Waals surface area contributed by atoms with Crippen molar-refractivity contribution < 1.29 is 33.5 Å². The van der Waals surface area contributed by atoms with E-state index < -0.39 is 27.1 Å². The van der Waals surface area contributed by atoms with E-state index in [4.69, 9.17) is 10.2 Å². The quantitative estimate of drug-likeness (QED) is 0.0956. The zero-order valence-corrected chi connectivity index (χ0v) is 20.8. The summed E-state index contributed by atoms with van der Waals surface area (Å²) in [6.07, 6.45) is 19.5. The van der Waals surface area contributed by atoms with Gasteiger partial charge in [0.05, 0.1) is 19.8 Å². The fraction of sp³-hybridized carbons (Fsp3) is 0.870. The number of amides is 1. The first-order chi connectivity index (χ1) is 15.4. The molecule has 8 nitrogen and oxygen atoms in total. The summed E-state index contributed by atoms with van der Waals surface area (Å²) in [6, 6.07) is 0. The number of unbranched alkanes of at least 4 members (excludes halogenated alkanes) is 11. The van der Waals surface area contributed by atoms with E-state index in [0.29, 0.717) is 6.42 Å². The molecule has 9 heteroatoms. The highest BCUT2D eigenvalue weighted by atomic mass is 31.2. The summed E-state index contributed by atoms with van der Waals surface area (Å²) in [4.78, 5) is 21.1. The molecule has 4 N–H and O–H groups in total. The Hall–Kier alpha value is -0.760. The van der Waals surface area contributed by atoms with Crippen LogP contribution < -0.4 is 5.32 Å². The van der Waals surface area contributed by atoms with Gasteiger partial charge in [-0.1, -0.05) is 70.4 Å². The van der Waals surface area contributed by atoms with E-state index in [1.54, 1.807) is 0 Å². The largest absolute Gasteiger partial charge is 0.472 e. The molecule has 0 heterocycles. The first kappa shape index (κ1) is 31.2. The van der Waals surface area contributed by atoms with Crippen molar-refractivity contribution in [2.24, 2.45) is 0 Å². The standard InChI is InChI=1S/C23H46NO7P/c1-2-3-4-5-6-7-8-9-10-11-12-13-14-15-16-17-23(27)24-18-19-30-32(28,29)31-21-22(26)20-25/h9-10,22,25-26H,2-8,11-21H2,1H3,(H,24,27)(H,28,29)/b10-9-/t22-/m1/s1. The lowest BCUT2D eigenvalue weighted by Gasteiger charge is -2.14. The van der Waals surface area contributed by atoms with Crippen LogP contribution in [-0.2, 0) is 18.4 Å². The van der Waals surface area contributed by atoms with Crippen molar-refractivity contribution in [3.8, 4) is 0 Å². The van der Waals surface area contributed by atoms with Crippen molar-refractivity contribution in [1.29, 1.82) is 0 Å². The summed E-state index contributed by atoms with van der Waals surface area (Å²) in [5.41, 5.74) is 0. The van der Waals surface area contributed by atoms with Gasteiger partial charge in [0.1, 0.15) is 6.10 Å². The SMILES string of the molecule is CCCCCCCC/C=C\CCCCCCCC(=O)NCCOP(=O)(O)OC[C@H](O)CO. The maximum atomic E-state index is 11.8. The van der Waals surface area contributed by atoms with Crippen molar-refractivity contribution in [1.82, 2.24) is 5.32 Å². The summed E-state index contributed by atoms with van der Waals surface area (Å²) < 4.78 is 20.7. The fourth-order valence-corrected chi connectivity index (χ4v) is 3.82. The molecular formula is C23H46NO7P. The molecule has 0 saturated heterocycles. The van der Waals surface area contributed by atoms with Gasteiger partial charge in [-0.15, -0.1) is 0 Å². The van der Waals surface area contributed by atoms with Crippen LogP contribution in [0.15, 0.2) is 12.2 Å². The Kier molecular flexibility index (Phi) is 21.5. The average molecular weight is 480 g/mol. The molecular weight excluding hydrogens is 433 g/mol. The molecule has 0 spiro atoms. The number of rotatable bonds is 23. The topological polar surface area (TPSA) is 125 Å². The summed E-state index contributed by atoms with van der Waals surface area (Å²) in [7, 11) is -4.30. The van der Waals surface area contributed by atoms with Gasteiger partial charge in [-0.25, -0.2) is 4.57 Å². The summed E-state index contributed by atoms with van der Waals surface area (Å²) >= 11 is 0. The Morgan fingerprint density at radius 3 is 2.09 bits per heavy atom. The van der Waals surface area contributed by atoms with Crippen LogP contribution in [0.25, 0.3) is 0 Å². The molecule has 0 radical (unpaired) electrons. The number of hydrogen-bond acceptors (Lipinski definition) is 6. The van der Waals surface area contributed by atoms with Crippen LogP contribution >= 0.6 is 7.82 Å². The van der Waals surface area contributed by atoms with Gasteiger partial charge in [0.2, 0.25) is 5.91 Å². The van der Waals surface area contributed by atoms with Crippen LogP contribution in [0, 0.1) is 0 Å². The van der Waals surface area contributed by atoms with Crippen LogP contribution in [0.1, 0.15) is 96.8 Å². The van der Waals surface area contributed by atoms with Gasteiger partial charge in [0.25, 0.3) is 0 Å². The maximum absolute atomic E-state index is 11.8. The van der Waals surface area contributed by atoms with Gasteiger partial charge in [0, 0.05) is 13.0 Å². The minimum atomic E-state index is -4.30. The number of hydrogen-bond donors (Lipinski definition) is 4. The summed E-state index contributed by atoms with van der Waals surface area (Å²) in [5.74, 6) is -0.115. The Bertz CT molecular complexity index is 517. The fourth-order valence-electron chi connectivity index (χ4n) is 3.07. The van der Waals surface area contributed by atoms with E-state index >= 15 is 0 Å². The Balaban J connectivity index is 3.44. The molecule has 0 fully saturated rings. The normalized spacial score (nSPS) is 14.5. The third-order valence-corrected chi connectivity index (χ3v) is 5.97. The van der Waals surface area contributed by atoms with Crippen LogP contribution in [0.3, 0.4) is 0 Å². The highest BCUT2D eigenvalue weighted by molar-refractivity contribution is 7.47. The third-order valence-electron chi connectivity index (χ3n) is 4.99. The molecule has 0 aliphatic heterocycles. The minimum absolute atomic E-state index is 0.0976. The first-order valence-corrected chi connectivity index (χ1v) is 13.7. The number of allylic oxidation sites excluding steroid dienone is 2. The Labute approximate surface area is 194 Å². The smallest absolute Gasteiger partial charge is 0.394 e. The van der Waals surface area contributed by atoms with Crippen molar-refractivity contribution in [2.45, 2.75) is 103 Å². The number of carbonyl (C=O) groups is 1. The molecule has 0 aromatic carbocycles. The summed E-state index contributed by atoms with van der Waals surface area (Å²) in [6.45, 7) is 1.08. The molecule has 1 amide bonds. The molecule has 0 aliphatic carbocycles. The monoisotopic (exact) mass is 479 g/mol. The Morgan fingerprint density at radius 2 is 1.50 bits per heavy atom. The van der Waals surface area contributed by atoms with Crippen molar-refractivity contribution >= 4 is 13.7 Å². The highest BCUT2D eigenvalue weighted by Gasteiger charge is 2.22. The molecule has 0 aromatic rings. The molecule has 32 heavy (non-hydrogen) atoms. The number of phosphoric acid groups is 1.